The minimum absolute atomic E-state index is 0.0999. The van der Waals surface area contributed by atoms with Crippen molar-refractivity contribution in [1.29, 1.82) is 0 Å². The first-order valence-electron chi connectivity index (χ1n) is 10.8. The fraction of sp³-hybridized carbons (Fsp3) is 0.192. The Bertz CT molecular complexity index is 1150. The molecule has 0 N–H and O–H groups in total. The van der Waals surface area contributed by atoms with E-state index in [4.69, 9.17) is 0 Å². The Morgan fingerprint density at radius 3 is 2.09 bits per heavy atom. The normalized spacial score (nSPS) is 16.6. The summed E-state index contributed by atoms with van der Waals surface area (Å²) in [5, 5.41) is 17.7. The lowest BCUT2D eigenvalue weighted by molar-refractivity contribution is -0.385. The molecule has 3 aromatic rings. The average Bonchev–Trinajstić information content (AvgIpc) is 3.17. The molecular formula is C26H24N4O2. The Kier molecular flexibility index (Phi) is 5.52. The van der Waals surface area contributed by atoms with Crippen LogP contribution in [0.4, 0.5) is 5.69 Å². The molecule has 6 heteroatoms. The monoisotopic (exact) mass is 424 g/mol. The lowest BCUT2D eigenvalue weighted by atomic mass is 10.0. The molecule has 1 aliphatic carbocycles. The Balaban J connectivity index is 1.24. The highest BCUT2D eigenvalue weighted by molar-refractivity contribution is 5.80. The van der Waals surface area contributed by atoms with Crippen LogP contribution in [0.25, 0.3) is 17.2 Å². The number of hydrogen-bond acceptors (Lipinski definition) is 5. The van der Waals surface area contributed by atoms with Crippen LogP contribution in [0, 0.1) is 10.1 Å². The van der Waals surface area contributed by atoms with E-state index >= 15 is 0 Å². The van der Waals surface area contributed by atoms with Crippen LogP contribution in [0.15, 0.2) is 84.0 Å². The average molecular weight is 425 g/mol. The van der Waals surface area contributed by atoms with Gasteiger partial charge in [-0.1, -0.05) is 60.7 Å². The second kappa shape index (κ2) is 8.77. The minimum Gasteiger partial charge on any atom is -0.294 e. The number of para-hydroxylation sites is 1. The smallest absolute Gasteiger partial charge is 0.276 e. The Morgan fingerprint density at radius 1 is 0.844 bits per heavy atom. The SMILES string of the molecule is O=[N+]([O-])c1ccccc1/C=C/C=N/N1CCN(C2c3ccccc3-c3ccccc32)CC1. The first-order chi connectivity index (χ1) is 15.7. The first kappa shape index (κ1) is 20.2. The van der Waals surface area contributed by atoms with Crippen LogP contribution >= 0.6 is 0 Å². The third-order valence-corrected chi connectivity index (χ3v) is 6.18. The molecule has 0 saturated carbocycles. The third kappa shape index (κ3) is 3.81. The van der Waals surface area contributed by atoms with E-state index in [1.54, 1.807) is 36.6 Å². The Labute approximate surface area is 187 Å². The quantitative estimate of drug-likeness (QED) is 0.329. The van der Waals surface area contributed by atoms with E-state index in [9.17, 15) is 10.1 Å². The van der Waals surface area contributed by atoms with E-state index in [-0.39, 0.29) is 10.6 Å². The molecule has 0 amide bonds. The summed E-state index contributed by atoms with van der Waals surface area (Å²) >= 11 is 0. The number of hydrazone groups is 1. The number of nitrogens with zero attached hydrogens (tertiary/aromatic N) is 4. The van der Waals surface area contributed by atoms with Gasteiger partial charge in [0.2, 0.25) is 0 Å². The molecule has 1 fully saturated rings. The third-order valence-electron chi connectivity index (χ3n) is 6.18. The highest BCUT2D eigenvalue weighted by Gasteiger charge is 2.33. The van der Waals surface area contributed by atoms with Gasteiger partial charge < -0.3 is 0 Å². The molecule has 0 spiro atoms. The fourth-order valence-electron chi connectivity index (χ4n) is 4.68. The number of nitro groups is 1. The number of allylic oxidation sites excluding steroid dienone is 1. The van der Waals surface area contributed by atoms with Crippen molar-refractivity contribution in [2.75, 3.05) is 26.2 Å². The van der Waals surface area contributed by atoms with Crippen LogP contribution in [0.1, 0.15) is 22.7 Å². The summed E-state index contributed by atoms with van der Waals surface area (Å²) < 4.78 is 0. The van der Waals surface area contributed by atoms with Crippen molar-refractivity contribution < 1.29 is 4.92 Å². The van der Waals surface area contributed by atoms with Crippen LogP contribution in [0.3, 0.4) is 0 Å². The van der Waals surface area contributed by atoms with E-state index in [0.29, 0.717) is 11.6 Å². The van der Waals surface area contributed by atoms with Gasteiger partial charge >= 0.3 is 0 Å². The summed E-state index contributed by atoms with van der Waals surface area (Å²) in [7, 11) is 0. The van der Waals surface area contributed by atoms with Crippen molar-refractivity contribution in [3.05, 3.63) is 106 Å². The number of fused-ring (bicyclic) bond motifs is 3. The van der Waals surface area contributed by atoms with E-state index in [2.05, 4.69) is 63.5 Å². The fourth-order valence-corrected chi connectivity index (χ4v) is 4.68. The van der Waals surface area contributed by atoms with Crippen molar-refractivity contribution in [3.63, 3.8) is 0 Å². The molecule has 0 bridgehead atoms. The maximum Gasteiger partial charge on any atom is 0.276 e. The zero-order chi connectivity index (χ0) is 21.9. The van der Waals surface area contributed by atoms with E-state index in [1.165, 1.54) is 28.3 Å². The van der Waals surface area contributed by atoms with Gasteiger partial charge in [0.1, 0.15) is 0 Å². The van der Waals surface area contributed by atoms with Crippen LogP contribution in [-0.2, 0) is 0 Å². The molecule has 1 heterocycles. The van der Waals surface area contributed by atoms with E-state index < -0.39 is 0 Å². The number of piperazine rings is 1. The molecule has 0 aromatic heterocycles. The van der Waals surface area contributed by atoms with Gasteiger partial charge in [0, 0.05) is 38.5 Å². The summed E-state index contributed by atoms with van der Waals surface area (Å²) in [6.45, 7) is 3.55. The second-order valence-corrected chi connectivity index (χ2v) is 8.01. The topological polar surface area (TPSA) is 62.0 Å². The maximum absolute atomic E-state index is 11.1. The zero-order valence-electron chi connectivity index (χ0n) is 17.7. The summed E-state index contributed by atoms with van der Waals surface area (Å²) in [5.74, 6) is 0. The lowest BCUT2D eigenvalue weighted by Gasteiger charge is -2.37. The molecule has 32 heavy (non-hydrogen) atoms. The predicted molar refractivity (Wildman–Crippen MR) is 127 cm³/mol. The molecule has 0 unspecified atom stereocenters. The van der Waals surface area contributed by atoms with Gasteiger partial charge in [-0.3, -0.25) is 20.0 Å². The van der Waals surface area contributed by atoms with Gasteiger partial charge in [0.15, 0.2) is 0 Å². The molecule has 0 radical (unpaired) electrons. The number of hydrogen-bond donors (Lipinski definition) is 0. The molecular weight excluding hydrogens is 400 g/mol. The predicted octanol–water partition coefficient (Wildman–Crippen LogP) is 4.98. The number of nitro benzene ring substituents is 1. The van der Waals surface area contributed by atoms with Gasteiger partial charge in [-0.05, 0) is 40.5 Å². The Morgan fingerprint density at radius 2 is 1.44 bits per heavy atom. The minimum atomic E-state index is -0.366. The number of rotatable bonds is 5. The molecule has 0 atom stereocenters. The van der Waals surface area contributed by atoms with Crippen molar-refractivity contribution in [2.45, 2.75) is 6.04 Å². The number of benzene rings is 3. The first-order valence-corrected chi connectivity index (χ1v) is 10.8. The van der Waals surface area contributed by atoms with Crippen molar-refractivity contribution >= 4 is 18.0 Å². The van der Waals surface area contributed by atoms with Crippen LogP contribution in [0.5, 0.6) is 0 Å². The Hall–Kier alpha value is -3.77. The molecule has 2 aliphatic rings. The molecule has 5 rings (SSSR count). The largest absolute Gasteiger partial charge is 0.294 e. The summed E-state index contributed by atoms with van der Waals surface area (Å²) in [5.41, 5.74) is 6.13. The van der Waals surface area contributed by atoms with Crippen LogP contribution in [0.2, 0.25) is 0 Å². The van der Waals surface area contributed by atoms with Gasteiger partial charge in [0.25, 0.3) is 5.69 Å². The summed E-state index contributed by atoms with van der Waals surface area (Å²) in [6, 6.07) is 24.4. The molecule has 1 saturated heterocycles. The van der Waals surface area contributed by atoms with Crippen LogP contribution < -0.4 is 0 Å². The van der Waals surface area contributed by atoms with Crippen molar-refractivity contribution in [1.82, 2.24) is 9.91 Å². The highest BCUT2D eigenvalue weighted by atomic mass is 16.6. The van der Waals surface area contributed by atoms with Gasteiger partial charge in [-0.2, -0.15) is 5.10 Å². The molecule has 160 valence electrons. The molecule has 3 aromatic carbocycles. The van der Waals surface area contributed by atoms with Gasteiger partial charge in [-0.25, -0.2) is 0 Å². The van der Waals surface area contributed by atoms with Crippen molar-refractivity contribution in [3.8, 4) is 11.1 Å². The van der Waals surface area contributed by atoms with Crippen molar-refractivity contribution in [2.24, 2.45) is 5.10 Å². The molecule has 6 nitrogen and oxygen atoms in total. The summed E-state index contributed by atoms with van der Waals surface area (Å²) in [6.07, 6.45) is 5.20. The van der Waals surface area contributed by atoms with Gasteiger partial charge in [0.05, 0.1) is 16.5 Å². The summed E-state index contributed by atoms with van der Waals surface area (Å²) in [4.78, 5) is 13.3. The second-order valence-electron chi connectivity index (χ2n) is 8.01. The standard InChI is InChI=1S/C26H24N4O2/c31-30(32)25-14-6-1-8-20(25)9-7-15-27-29-18-16-28(17-19-29)26-23-12-4-2-10-21(23)22-11-3-5-13-24(22)26/h1-15,26H,16-19H2/b9-7+,27-15+. The van der Waals surface area contributed by atoms with E-state index in [1.807, 2.05) is 0 Å². The highest BCUT2D eigenvalue weighted by Crippen LogP contribution is 2.46. The van der Waals surface area contributed by atoms with Gasteiger partial charge in [-0.15, -0.1) is 0 Å². The maximum atomic E-state index is 11.1. The van der Waals surface area contributed by atoms with E-state index in [0.717, 1.165) is 26.2 Å². The zero-order valence-corrected chi connectivity index (χ0v) is 17.7. The molecule has 1 aliphatic heterocycles. The lowest BCUT2D eigenvalue weighted by Crippen LogP contribution is -2.45. The van der Waals surface area contributed by atoms with Crippen LogP contribution in [-0.4, -0.2) is 47.2 Å².